The van der Waals surface area contributed by atoms with E-state index in [1.165, 1.54) is 13.4 Å². The number of anilines is 2. The number of carbonyl (C=O) groups excluding carboxylic acids is 2. The molecule has 4 rings (SSSR count). The van der Waals surface area contributed by atoms with Crippen molar-refractivity contribution in [3.05, 3.63) is 82.3 Å². The topological polar surface area (TPSA) is 98.1 Å². The second kappa shape index (κ2) is 8.06. The predicted molar refractivity (Wildman–Crippen MR) is 117 cm³/mol. The molecule has 3 aromatic rings. The first kappa shape index (κ1) is 20.3. The zero-order chi connectivity index (χ0) is 22.1. The molecular weight excluding hydrogens is 394 g/mol. The molecule has 1 aromatic heterocycles. The van der Waals surface area contributed by atoms with Crippen molar-refractivity contribution in [2.24, 2.45) is 0 Å². The van der Waals surface area contributed by atoms with Gasteiger partial charge in [0.05, 0.1) is 18.2 Å². The highest BCUT2D eigenvalue weighted by Crippen LogP contribution is 2.35. The molecule has 2 aromatic carbocycles. The Balaban J connectivity index is 1.74. The summed E-state index contributed by atoms with van der Waals surface area (Å²) in [7, 11) is 1.34. The van der Waals surface area contributed by atoms with Crippen molar-refractivity contribution in [3.8, 4) is 0 Å². The Kier molecular flexibility index (Phi) is 5.29. The molecule has 1 amide bonds. The van der Waals surface area contributed by atoms with E-state index in [9.17, 15) is 9.59 Å². The molecule has 8 nitrogen and oxygen atoms in total. The fourth-order valence-corrected chi connectivity index (χ4v) is 3.76. The monoisotopic (exact) mass is 417 g/mol. The van der Waals surface area contributed by atoms with E-state index in [0.717, 1.165) is 22.4 Å². The molecule has 0 radical (unpaired) electrons. The van der Waals surface area contributed by atoms with Gasteiger partial charge in [0.1, 0.15) is 12.4 Å². The molecule has 8 heteroatoms. The number of methoxy groups -OCH3 is 1. The number of aromatic nitrogens is 3. The molecule has 2 heterocycles. The van der Waals surface area contributed by atoms with Crippen molar-refractivity contribution in [2.75, 3.05) is 17.7 Å². The van der Waals surface area contributed by atoms with E-state index >= 15 is 0 Å². The van der Waals surface area contributed by atoms with E-state index in [1.54, 1.807) is 28.9 Å². The average Bonchev–Trinajstić information content (AvgIpc) is 3.22. The summed E-state index contributed by atoms with van der Waals surface area (Å²) in [5.41, 5.74) is 5.29. The zero-order valence-electron chi connectivity index (χ0n) is 17.8. The van der Waals surface area contributed by atoms with Crippen LogP contribution in [0.3, 0.4) is 0 Å². The number of amides is 1. The lowest BCUT2D eigenvalue weighted by Crippen LogP contribution is -2.31. The van der Waals surface area contributed by atoms with Crippen molar-refractivity contribution in [2.45, 2.75) is 26.8 Å². The second-order valence-electron chi connectivity index (χ2n) is 7.48. The molecule has 0 spiro atoms. The van der Waals surface area contributed by atoms with E-state index in [0.29, 0.717) is 22.8 Å². The number of hydrogen-bond acceptors (Lipinski definition) is 6. The Morgan fingerprint density at radius 3 is 2.52 bits per heavy atom. The number of aryl methyl sites for hydroxylation is 2. The SMILES string of the molecule is COC(=O)c1ccc([C@H]2C(C(=O)Nc3ccc(C)cc3C)=C(C)Nc3ncnn32)cc1. The number of ether oxygens (including phenoxy) is 1. The Morgan fingerprint density at radius 1 is 1.10 bits per heavy atom. The normalized spacial score (nSPS) is 15.2. The van der Waals surface area contributed by atoms with E-state index in [-0.39, 0.29) is 5.91 Å². The van der Waals surface area contributed by atoms with Gasteiger partial charge in [0, 0.05) is 11.4 Å². The standard InChI is InChI=1S/C23H23N5O3/c1-13-5-10-18(14(2)11-13)27-21(29)19-15(3)26-23-24-12-25-28(23)20(19)16-6-8-17(9-7-16)22(30)31-4/h5-12,20H,1-4H3,(H,27,29)(H,24,25,26)/t20-/m0/s1. The number of nitrogens with one attached hydrogen (secondary N) is 2. The first-order valence-electron chi connectivity index (χ1n) is 9.83. The van der Waals surface area contributed by atoms with Crippen LogP contribution in [0.15, 0.2) is 60.1 Å². The number of nitrogens with zero attached hydrogens (tertiary/aromatic N) is 3. The largest absolute Gasteiger partial charge is 0.465 e. The Labute approximate surface area is 179 Å². The summed E-state index contributed by atoms with van der Waals surface area (Å²) in [6, 6.07) is 12.3. The number of benzene rings is 2. The highest BCUT2D eigenvalue weighted by Gasteiger charge is 2.33. The lowest BCUT2D eigenvalue weighted by atomic mass is 9.94. The van der Waals surface area contributed by atoms with Crippen LogP contribution in [-0.2, 0) is 9.53 Å². The Morgan fingerprint density at radius 2 is 1.84 bits per heavy atom. The van der Waals surface area contributed by atoms with Gasteiger partial charge in [0.25, 0.3) is 5.91 Å². The molecule has 2 N–H and O–H groups in total. The van der Waals surface area contributed by atoms with Crippen LogP contribution in [0.1, 0.15) is 40.0 Å². The minimum Gasteiger partial charge on any atom is -0.465 e. The van der Waals surface area contributed by atoms with Gasteiger partial charge in [-0.1, -0.05) is 29.8 Å². The Hall–Kier alpha value is -3.94. The average molecular weight is 417 g/mol. The van der Waals surface area contributed by atoms with Crippen LogP contribution in [0.4, 0.5) is 11.6 Å². The molecule has 1 aliphatic heterocycles. The van der Waals surface area contributed by atoms with E-state index in [1.807, 2.05) is 39.0 Å². The molecule has 0 fully saturated rings. The van der Waals surface area contributed by atoms with Crippen molar-refractivity contribution >= 4 is 23.5 Å². The van der Waals surface area contributed by atoms with Gasteiger partial charge in [-0.2, -0.15) is 10.1 Å². The third-order valence-corrected chi connectivity index (χ3v) is 5.32. The molecule has 0 saturated heterocycles. The van der Waals surface area contributed by atoms with Crippen LogP contribution in [0.25, 0.3) is 0 Å². The number of fused-ring (bicyclic) bond motifs is 1. The van der Waals surface area contributed by atoms with Gasteiger partial charge in [-0.05, 0) is 50.1 Å². The van der Waals surface area contributed by atoms with Crippen LogP contribution in [-0.4, -0.2) is 33.8 Å². The Bertz CT molecular complexity index is 1190. The first-order valence-corrected chi connectivity index (χ1v) is 9.83. The van der Waals surface area contributed by atoms with Gasteiger partial charge in [0.2, 0.25) is 5.95 Å². The lowest BCUT2D eigenvalue weighted by Gasteiger charge is -2.29. The molecule has 31 heavy (non-hydrogen) atoms. The molecular formula is C23H23N5O3. The molecule has 0 unspecified atom stereocenters. The lowest BCUT2D eigenvalue weighted by molar-refractivity contribution is -0.113. The number of allylic oxidation sites excluding steroid dienone is 1. The van der Waals surface area contributed by atoms with Gasteiger partial charge in [-0.25, -0.2) is 9.48 Å². The number of rotatable bonds is 4. The third kappa shape index (κ3) is 3.79. The maximum Gasteiger partial charge on any atom is 0.337 e. The zero-order valence-corrected chi connectivity index (χ0v) is 17.8. The summed E-state index contributed by atoms with van der Waals surface area (Å²) in [6.45, 7) is 5.81. The van der Waals surface area contributed by atoms with Crippen LogP contribution in [0, 0.1) is 13.8 Å². The highest BCUT2D eigenvalue weighted by molar-refractivity contribution is 6.06. The molecule has 0 bridgehead atoms. The first-order chi connectivity index (χ1) is 14.9. The highest BCUT2D eigenvalue weighted by atomic mass is 16.5. The predicted octanol–water partition coefficient (Wildman–Crippen LogP) is 3.61. The molecule has 0 saturated carbocycles. The summed E-state index contributed by atoms with van der Waals surface area (Å²) >= 11 is 0. The van der Waals surface area contributed by atoms with Gasteiger partial charge >= 0.3 is 5.97 Å². The fourth-order valence-electron chi connectivity index (χ4n) is 3.76. The van der Waals surface area contributed by atoms with Crippen molar-refractivity contribution in [1.82, 2.24) is 14.8 Å². The summed E-state index contributed by atoms with van der Waals surface area (Å²) in [5.74, 6) is -0.111. The number of hydrogen-bond donors (Lipinski definition) is 2. The maximum atomic E-state index is 13.4. The molecule has 1 atom stereocenters. The van der Waals surface area contributed by atoms with Crippen molar-refractivity contribution < 1.29 is 14.3 Å². The maximum absolute atomic E-state index is 13.4. The molecule has 1 aliphatic rings. The quantitative estimate of drug-likeness (QED) is 0.630. The minimum absolute atomic E-state index is 0.236. The smallest absolute Gasteiger partial charge is 0.337 e. The van der Waals surface area contributed by atoms with Gasteiger partial charge in [-0.3, -0.25) is 4.79 Å². The van der Waals surface area contributed by atoms with Crippen molar-refractivity contribution in [1.29, 1.82) is 0 Å². The number of carbonyl (C=O) groups is 2. The number of esters is 1. The van der Waals surface area contributed by atoms with Crippen LogP contribution >= 0.6 is 0 Å². The minimum atomic E-state index is -0.504. The van der Waals surface area contributed by atoms with E-state index in [2.05, 4.69) is 20.7 Å². The molecule has 158 valence electrons. The second-order valence-corrected chi connectivity index (χ2v) is 7.48. The van der Waals surface area contributed by atoms with Crippen LogP contribution in [0.2, 0.25) is 0 Å². The molecule has 0 aliphatic carbocycles. The summed E-state index contributed by atoms with van der Waals surface area (Å²) in [6.07, 6.45) is 1.44. The van der Waals surface area contributed by atoms with Gasteiger partial charge in [0.15, 0.2) is 0 Å². The van der Waals surface area contributed by atoms with Crippen LogP contribution < -0.4 is 10.6 Å². The third-order valence-electron chi connectivity index (χ3n) is 5.32. The van der Waals surface area contributed by atoms with Crippen molar-refractivity contribution in [3.63, 3.8) is 0 Å². The summed E-state index contributed by atoms with van der Waals surface area (Å²) in [5, 5.41) is 10.5. The van der Waals surface area contributed by atoms with Crippen LogP contribution in [0.5, 0.6) is 0 Å². The van der Waals surface area contributed by atoms with Gasteiger partial charge in [-0.15, -0.1) is 0 Å². The summed E-state index contributed by atoms with van der Waals surface area (Å²) < 4.78 is 6.44. The van der Waals surface area contributed by atoms with E-state index in [4.69, 9.17) is 4.74 Å². The fraction of sp³-hybridized carbons (Fsp3) is 0.217. The van der Waals surface area contributed by atoms with Gasteiger partial charge < -0.3 is 15.4 Å². The van der Waals surface area contributed by atoms with E-state index < -0.39 is 12.0 Å². The summed E-state index contributed by atoms with van der Waals surface area (Å²) in [4.78, 5) is 29.5.